The highest BCUT2D eigenvalue weighted by atomic mass is 16.5. The van der Waals surface area contributed by atoms with Gasteiger partial charge in [0, 0.05) is 42.5 Å². The number of amides is 1. The fraction of sp³-hybridized carbons (Fsp3) is 0.391. The van der Waals surface area contributed by atoms with E-state index in [9.17, 15) is 4.79 Å². The van der Waals surface area contributed by atoms with Crippen molar-refractivity contribution in [3.63, 3.8) is 0 Å². The molecule has 1 aliphatic heterocycles. The fourth-order valence-electron chi connectivity index (χ4n) is 3.47. The Bertz CT molecular complexity index is 878. The highest BCUT2D eigenvalue weighted by Gasteiger charge is 2.28. The Balaban J connectivity index is 1.84. The van der Waals surface area contributed by atoms with Gasteiger partial charge in [-0.05, 0) is 63.1 Å². The molecule has 0 unspecified atom stereocenters. The van der Waals surface area contributed by atoms with Crippen LogP contribution in [0.2, 0.25) is 0 Å². The van der Waals surface area contributed by atoms with Crippen molar-refractivity contribution in [1.82, 2.24) is 4.90 Å². The maximum absolute atomic E-state index is 11.6. The summed E-state index contributed by atoms with van der Waals surface area (Å²) in [4.78, 5) is 15.5. The molecule has 0 aromatic heterocycles. The van der Waals surface area contributed by atoms with E-state index in [-0.39, 0.29) is 11.5 Å². The second-order valence-corrected chi connectivity index (χ2v) is 8.20. The maximum atomic E-state index is 11.6. The molecule has 0 fully saturated rings. The van der Waals surface area contributed by atoms with Gasteiger partial charge in [0.1, 0.15) is 5.75 Å². The lowest BCUT2D eigenvalue weighted by atomic mass is 9.91. The second-order valence-electron chi connectivity index (χ2n) is 8.20. The lowest BCUT2D eigenvalue weighted by Gasteiger charge is -2.37. The molecule has 5 heteroatoms. The molecule has 2 aromatic carbocycles. The van der Waals surface area contributed by atoms with Crippen molar-refractivity contribution in [1.29, 1.82) is 5.26 Å². The van der Waals surface area contributed by atoms with Gasteiger partial charge in [-0.2, -0.15) is 5.26 Å². The number of anilines is 2. The lowest BCUT2D eigenvalue weighted by Crippen LogP contribution is -2.43. The highest BCUT2D eigenvalue weighted by molar-refractivity contribution is 5.66. The number of fused-ring (bicyclic) bond motifs is 1. The van der Waals surface area contributed by atoms with E-state index in [0.717, 1.165) is 35.5 Å². The van der Waals surface area contributed by atoms with Crippen LogP contribution in [0.15, 0.2) is 42.5 Å². The molecule has 146 valence electrons. The minimum Gasteiger partial charge on any atom is -0.493 e. The van der Waals surface area contributed by atoms with Crippen molar-refractivity contribution in [3.8, 4) is 11.8 Å². The first-order valence-electron chi connectivity index (χ1n) is 9.56. The van der Waals surface area contributed by atoms with Crippen LogP contribution in [0, 0.1) is 11.3 Å². The largest absolute Gasteiger partial charge is 0.493 e. The smallest absolute Gasteiger partial charge is 0.210 e. The number of hydrogen-bond donors (Lipinski definition) is 0. The first-order valence-corrected chi connectivity index (χ1v) is 9.56. The van der Waals surface area contributed by atoms with Gasteiger partial charge in [0.2, 0.25) is 6.41 Å². The Kier molecular flexibility index (Phi) is 5.60. The first-order chi connectivity index (χ1) is 13.3. The molecular weight excluding hydrogens is 350 g/mol. The summed E-state index contributed by atoms with van der Waals surface area (Å²) in [5.41, 5.74) is 3.63. The zero-order valence-electron chi connectivity index (χ0n) is 17.0. The maximum Gasteiger partial charge on any atom is 0.210 e. The molecule has 0 radical (unpaired) electrons. The molecular formula is C23H27N3O2. The van der Waals surface area contributed by atoms with Crippen molar-refractivity contribution in [2.75, 3.05) is 25.1 Å². The Morgan fingerprint density at radius 1 is 1.18 bits per heavy atom. The third-order valence-electron chi connectivity index (χ3n) is 5.34. The third kappa shape index (κ3) is 4.12. The molecule has 1 heterocycles. The van der Waals surface area contributed by atoms with E-state index in [4.69, 9.17) is 10.00 Å². The van der Waals surface area contributed by atoms with Gasteiger partial charge in [-0.15, -0.1) is 0 Å². The molecule has 0 spiro atoms. The normalized spacial score (nSPS) is 15.8. The van der Waals surface area contributed by atoms with Gasteiger partial charge in [0.05, 0.1) is 18.2 Å². The Morgan fingerprint density at radius 2 is 1.86 bits per heavy atom. The van der Waals surface area contributed by atoms with Crippen LogP contribution in [0.25, 0.3) is 0 Å². The molecule has 0 saturated heterocycles. The summed E-state index contributed by atoms with van der Waals surface area (Å²) in [5.74, 6) is 1.15. The number of nitrogens with zero attached hydrogens (tertiary/aromatic N) is 3. The summed E-state index contributed by atoms with van der Waals surface area (Å²) in [6, 6.07) is 15.9. The number of benzene rings is 2. The lowest BCUT2D eigenvalue weighted by molar-refractivity contribution is -0.122. The van der Waals surface area contributed by atoms with Crippen LogP contribution in [-0.4, -0.2) is 37.0 Å². The average molecular weight is 377 g/mol. The molecule has 0 N–H and O–H groups in total. The molecule has 0 aliphatic carbocycles. The van der Waals surface area contributed by atoms with E-state index in [2.05, 4.69) is 49.9 Å². The monoisotopic (exact) mass is 377 g/mol. The van der Waals surface area contributed by atoms with Crippen LogP contribution in [-0.2, 0) is 4.79 Å². The number of carbonyl (C=O) groups is 1. The van der Waals surface area contributed by atoms with Crippen LogP contribution in [0.1, 0.15) is 44.2 Å². The predicted molar refractivity (Wildman–Crippen MR) is 111 cm³/mol. The van der Waals surface area contributed by atoms with Crippen LogP contribution in [0.3, 0.4) is 0 Å². The van der Waals surface area contributed by atoms with Crippen molar-refractivity contribution in [3.05, 3.63) is 53.6 Å². The van der Waals surface area contributed by atoms with E-state index < -0.39 is 0 Å². The van der Waals surface area contributed by atoms with Crippen molar-refractivity contribution in [2.45, 2.75) is 38.6 Å². The number of ether oxygens (including phenoxy) is 1. The van der Waals surface area contributed by atoms with Crippen molar-refractivity contribution >= 4 is 17.8 Å². The summed E-state index contributed by atoms with van der Waals surface area (Å²) in [7, 11) is 2.00. The molecule has 0 saturated carbocycles. The van der Waals surface area contributed by atoms with E-state index in [1.165, 1.54) is 0 Å². The minimum absolute atomic E-state index is 0.198. The molecule has 3 rings (SSSR count). The van der Waals surface area contributed by atoms with Crippen molar-refractivity contribution < 1.29 is 9.53 Å². The van der Waals surface area contributed by atoms with E-state index in [0.29, 0.717) is 18.7 Å². The molecule has 1 amide bonds. The quantitative estimate of drug-likeness (QED) is 0.723. The molecule has 1 atom stereocenters. The van der Waals surface area contributed by atoms with Gasteiger partial charge in [-0.1, -0.05) is 6.07 Å². The fourth-order valence-corrected chi connectivity index (χ4v) is 3.47. The van der Waals surface area contributed by atoms with Crippen LogP contribution in [0.5, 0.6) is 5.75 Å². The predicted octanol–water partition coefficient (Wildman–Crippen LogP) is 4.45. The summed E-state index contributed by atoms with van der Waals surface area (Å²) >= 11 is 0. The van der Waals surface area contributed by atoms with Crippen molar-refractivity contribution in [2.24, 2.45) is 0 Å². The second kappa shape index (κ2) is 7.93. The van der Waals surface area contributed by atoms with Crippen LogP contribution in [0.4, 0.5) is 11.4 Å². The van der Waals surface area contributed by atoms with Gasteiger partial charge >= 0.3 is 0 Å². The standard InChI is InChI=1S/C23H27N3O2/c1-23(2,3)26(16-27)15-18-11-12-28-22-13-20(9-10-21(18)22)25(4)19-7-5-17(14-24)6-8-19/h5-10,13,16,18H,11-12,15H2,1-4H3/t18-/m0/s1. The average Bonchev–Trinajstić information content (AvgIpc) is 2.70. The molecule has 2 aromatic rings. The Morgan fingerprint density at radius 3 is 2.46 bits per heavy atom. The van der Waals surface area contributed by atoms with Crippen LogP contribution < -0.4 is 9.64 Å². The van der Waals surface area contributed by atoms with Gasteiger partial charge in [-0.25, -0.2) is 0 Å². The Labute approximate surface area is 167 Å². The number of rotatable bonds is 5. The summed E-state index contributed by atoms with van der Waals surface area (Å²) < 4.78 is 5.94. The Hall–Kier alpha value is -3.00. The summed E-state index contributed by atoms with van der Waals surface area (Å²) in [5, 5.41) is 8.97. The number of nitriles is 1. The molecule has 5 nitrogen and oxygen atoms in total. The van der Waals surface area contributed by atoms with Gasteiger partial charge in [0.15, 0.2) is 0 Å². The van der Waals surface area contributed by atoms with E-state index in [1.54, 1.807) is 0 Å². The summed E-state index contributed by atoms with van der Waals surface area (Å²) in [6.45, 7) is 7.50. The molecule has 28 heavy (non-hydrogen) atoms. The van der Waals surface area contributed by atoms with Crippen LogP contribution >= 0.6 is 0 Å². The number of carbonyl (C=O) groups excluding carboxylic acids is 1. The third-order valence-corrected chi connectivity index (χ3v) is 5.34. The minimum atomic E-state index is -0.198. The van der Waals surface area contributed by atoms with E-state index >= 15 is 0 Å². The van der Waals surface area contributed by atoms with Gasteiger partial charge in [0.25, 0.3) is 0 Å². The van der Waals surface area contributed by atoms with Gasteiger partial charge in [-0.3, -0.25) is 4.79 Å². The van der Waals surface area contributed by atoms with E-state index in [1.807, 2.05) is 36.2 Å². The highest BCUT2D eigenvalue weighted by Crippen LogP contribution is 2.38. The summed E-state index contributed by atoms with van der Waals surface area (Å²) in [6.07, 6.45) is 1.85. The molecule has 0 bridgehead atoms. The topological polar surface area (TPSA) is 56.6 Å². The molecule has 1 aliphatic rings. The first kappa shape index (κ1) is 19.8. The van der Waals surface area contributed by atoms with Gasteiger partial charge < -0.3 is 14.5 Å². The zero-order chi connectivity index (χ0) is 20.3. The number of hydrogen-bond acceptors (Lipinski definition) is 4. The zero-order valence-corrected chi connectivity index (χ0v) is 17.0. The SMILES string of the molecule is CN(c1ccc(C#N)cc1)c1ccc2c(c1)OCC[C@H]2CN(C=O)C(C)(C)C.